The van der Waals surface area contributed by atoms with Crippen LogP contribution < -0.4 is 0 Å². The predicted octanol–water partition coefficient (Wildman–Crippen LogP) is 6.17. The Morgan fingerprint density at radius 3 is 1.75 bits per heavy atom. The van der Waals surface area contributed by atoms with Gasteiger partial charge in [-0.2, -0.15) is 0 Å². The molecule has 1 atom stereocenters. The van der Waals surface area contributed by atoms with Crippen LogP contribution >= 0.6 is 11.6 Å². The number of hydrogen-bond acceptors (Lipinski definition) is 0. The van der Waals surface area contributed by atoms with Crippen LogP contribution in [0.3, 0.4) is 0 Å². The van der Waals surface area contributed by atoms with Gasteiger partial charge in [0.25, 0.3) is 0 Å². The Bertz CT molecular complexity index is 123. The van der Waals surface area contributed by atoms with E-state index in [1.54, 1.807) is 0 Å². The highest BCUT2D eigenvalue weighted by Gasteiger charge is 2.07. The van der Waals surface area contributed by atoms with E-state index < -0.39 is 0 Å². The Morgan fingerprint density at radius 2 is 1.19 bits per heavy atom. The summed E-state index contributed by atoms with van der Waals surface area (Å²) in [6.45, 7) is 4.56. The van der Waals surface area contributed by atoms with Crippen molar-refractivity contribution in [1.29, 1.82) is 0 Å². The molecule has 0 aliphatic rings. The van der Waals surface area contributed by atoms with Crippen molar-refractivity contribution in [3.05, 3.63) is 0 Å². The molecule has 0 aromatic heterocycles. The summed E-state index contributed by atoms with van der Waals surface area (Å²) in [5.74, 6) is 1.76. The van der Waals surface area contributed by atoms with E-state index >= 15 is 0 Å². The molecular weight excluding hydrogens is 216 g/mol. The second-order valence-electron chi connectivity index (χ2n) is 5.04. The Kier molecular flexibility index (Phi) is 13.6. The molecule has 0 fully saturated rings. The van der Waals surface area contributed by atoms with Crippen molar-refractivity contribution in [2.75, 3.05) is 5.88 Å². The minimum Gasteiger partial charge on any atom is -0.127 e. The summed E-state index contributed by atoms with van der Waals surface area (Å²) in [4.78, 5) is 0. The molecule has 0 heterocycles. The lowest BCUT2D eigenvalue weighted by molar-refractivity contribution is 0.398. The SMILES string of the molecule is CCCCCCCC(CCCl)CCCCC. The molecule has 0 aliphatic heterocycles. The van der Waals surface area contributed by atoms with Gasteiger partial charge < -0.3 is 0 Å². The van der Waals surface area contributed by atoms with Gasteiger partial charge in [-0.3, -0.25) is 0 Å². The zero-order valence-corrected chi connectivity index (χ0v) is 12.2. The van der Waals surface area contributed by atoms with Crippen LogP contribution in [0, 0.1) is 5.92 Å². The summed E-state index contributed by atoms with van der Waals surface area (Å²) >= 11 is 5.87. The Labute approximate surface area is 108 Å². The van der Waals surface area contributed by atoms with E-state index in [2.05, 4.69) is 13.8 Å². The maximum atomic E-state index is 5.87. The standard InChI is InChI=1S/C15H31Cl/c1-3-5-7-8-10-12-15(13-14-16)11-9-6-4-2/h15H,3-14H2,1-2H3. The lowest BCUT2D eigenvalue weighted by Gasteiger charge is -2.15. The fourth-order valence-electron chi connectivity index (χ4n) is 2.31. The highest BCUT2D eigenvalue weighted by Crippen LogP contribution is 2.21. The van der Waals surface area contributed by atoms with Crippen molar-refractivity contribution in [2.45, 2.75) is 84.5 Å². The van der Waals surface area contributed by atoms with Crippen LogP contribution in [-0.2, 0) is 0 Å². The van der Waals surface area contributed by atoms with E-state index in [4.69, 9.17) is 11.6 Å². The molecule has 0 aromatic carbocycles. The third kappa shape index (κ3) is 10.8. The van der Waals surface area contributed by atoms with Gasteiger partial charge in [0.15, 0.2) is 0 Å². The van der Waals surface area contributed by atoms with E-state index in [1.807, 2.05) is 0 Å². The highest BCUT2D eigenvalue weighted by molar-refractivity contribution is 6.17. The van der Waals surface area contributed by atoms with Crippen LogP contribution in [0.4, 0.5) is 0 Å². The van der Waals surface area contributed by atoms with E-state index in [1.165, 1.54) is 70.6 Å². The fraction of sp³-hybridized carbons (Fsp3) is 1.00. The number of unbranched alkanes of at least 4 members (excludes halogenated alkanes) is 6. The second-order valence-corrected chi connectivity index (χ2v) is 5.42. The first-order chi connectivity index (χ1) is 7.85. The topological polar surface area (TPSA) is 0 Å². The summed E-state index contributed by atoms with van der Waals surface area (Å²) in [5, 5.41) is 0. The number of halogens is 1. The average molecular weight is 247 g/mol. The van der Waals surface area contributed by atoms with E-state index in [0.29, 0.717) is 0 Å². The summed E-state index contributed by atoms with van der Waals surface area (Å²) < 4.78 is 0. The Morgan fingerprint density at radius 1 is 0.688 bits per heavy atom. The highest BCUT2D eigenvalue weighted by atomic mass is 35.5. The molecular formula is C15H31Cl. The van der Waals surface area contributed by atoms with Crippen molar-refractivity contribution in [2.24, 2.45) is 5.92 Å². The van der Waals surface area contributed by atoms with Gasteiger partial charge in [-0.1, -0.05) is 78.1 Å². The zero-order valence-electron chi connectivity index (χ0n) is 11.4. The van der Waals surface area contributed by atoms with Gasteiger partial charge in [0, 0.05) is 5.88 Å². The molecule has 0 N–H and O–H groups in total. The Balaban J connectivity index is 3.43. The molecule has 0 amide bonds. The fourth-order valence-corrected chi connectivity index (χ4v) is 2.62. The van der Waals surface area contributed by atoms with Crippen molar-refractivity contribution in [3.8, 4) is 0 Å². The molecule has 0 saturated heterocycles. The third-order valence-electron chi connectivity index (χ3n) is 3.45. The lowest BCUT2D eigenvalue weighted by atomic mass is 9.92. The van der Waals surface area contributed by atoms with Crippen LogP contribution in [0.2, 0.25) is 0 Å². The van der Waals surface area contributed by atoms with Crippen LogP contribution in [0.1, 0.15) is 84.5 Å². The van der Waals surface area contributed by atoms with Crippen molar-refractivity contribution in [1.82, 2.24) is 0 Å². The van der Waals surface area contributed by atoms with E-state index in [0.717, 1.165) is 11.8 Å². The van der Waals surface area contributed by atoms with Crippen LogP contribution in [0.5, 0.6) is 0 Å². The minimum absolute atomic E-state index is 0.853. The zero-order chi connectivity index (χ0) is 12.1. The lowest BCUT2D eigenvalue weighted by Crippen LogP contribution is -2.02. The second kappa shape index (κ2) is 13.4. The van der Waals surface area contributed by atoms with Crippen molar-refractivity contribution >= 4 is 11.6 Å². The molecule has 0 saturated carbocycles. The molecule has 0 aromatic rings. The molecule has 0 spiro atoms. The largest absolute Gasteiger partial charge is 0.127 e. The monoisotopic (exact) mass is 246 g/mol. The smallest absolute Gasteiger partial charge is 0.0226 e. The van der Waals surface area contributed by atoms with Gasteiger partial charge in [0.1, 0.15) is 0 Å². The molecule has 0 radical (unpaired) electrons. The first-order valence-electron chi connectivity index (χ1n) is 7.41. The summed E-state index contributed by atoms with van der Waals surface area (Å²) in [6.07, 6.45) is 15.3. The molecule has 1 unspecified atom stereocenters. The summed E-state index contributed by atoms with van der Waals surface area (Å²) in [6, 6.07) is 0. The molecule has 98 valence electrons. The number of hydrogen-bond donors (Lipinski definition) is 0. The van der Waals surface area contributed by atoms with Crippen LogP contribution in [-0.4, -0.2) is 5.88 Å². The third-order valence-corrected chi connectivity index (χ3v) is 3.67. The first kappa shape index (κ1) is 16.3. The van der Waals surface area contributed by atoms with Gasteiger partial charge in [-0.05, 0) is 12.3 Å². The average Bonchev–Trinajstić information content (AvgIpc) is 2.29. The van der Waals surface area contributed by atoms with Gasteiger partial charge >= 0.3 is 0 Å². The molecule has 0 rings (SSSR count). The maximum Gasteiger partial charge on any atom is 0.0226 e. The Hall–Kier alpha value is 0.290. The van der Waals surface area contributed by atoms with Crippen LogP contribution in [0.25, 0.3) is 0 Å². The molecule has 0 bridgehead atoms. The van der Waals surface area contributed by atoms with Crippen molar-refractivity contribution in [3.63, 3.8) is 0 Å². The number of alkyl halides is 1. The van der Waals surface area contributed by atoms with Crippen LogP contribution in [0.15, 0.2) is 0 Å². The summed E-state index contributed by atoms with van der Waals surface area (Å²) in [7, 11) is 0. The normalized spacial score (nSPS) is 12.9. The summed E-state index contributed by atoms with van der Waals surface area (Å²) in [5.41, 5.74) is 0. The van der Waals surface area contributed by atoms with E-state index in [9.17, 15) is 0 Å². The molecule has 0 nitrogen and oxygen atoms in total. The molecule has 1 heteroatoms. The van der Waals surface area contributed by atoms with Gasteiger partial charge in [0.2, 0.25) is 0 Å². The predicted molar refractivity (Wildman–Crippen MR) is 76.3 cm³/mol. The maximum absolute atomic E-state index is 5.87. The quantitative estimate of drug-likeness (QED) is 0.285. The van der Waals surface area contributed by atoms with Gasteiger partial charge in [-0.15, -0.1) is 11.6 Å². The number of rotatable bonds is 12. The molecule has 0 aliphatic carbocycles. The first-order valence-corrected chi connectivity index (χ1v) is 7.94. The van der Waals surface area contributed by atoms with Gasteiger partial charge in [-0.25, -0.2) is 0 Å². The van der Waals surface area contributed by atoms with Crippen molar-refractivity contribution < 1.29 is 0 Å². The minimum atomic E-state index is 0.853. The van der Waals surface area contributed by atoms with Gasteiger partial charge in [0.05, 0.1) is 0 Å². The molecule has 16 heavy (non-hydrogen) atoms. The van der Waals surface area contributed by atoms with E-state index in [-0.39, 0.29) is 0 Å².